The molecule has 0 fully saturated rings. The van der Waals surface area contributed by atoms with E-state index in [1.54, 1.807) is 17.7 Å². The van der Waals surface area contributed by atoms with Crippen LogP contribution in [-0.4, -0.2) is 24.5 Å². The summed E-state index contributed by atoms with van der Waals surface area (Å²) >= 11 is 1.67. The molecule has 23 heavy (non-hydrogen) atoms. The van der Waals surface area contributed by atoms with E-state index >= 15 is 0 Å². The van der Waals surface area contributed by atoms with Gasteiger partial charge in [0.15, 0.2) is 5.82 Å². The van der Waals surface area contributed by atoms with Crippen LogP contribution in [0.15, 0.2) is 61.4 Å². The Morgan fingerprint density at radius 2 is 2.00 bits per heavy atom. The van der Waals surface area contributed by atoms with Crippen LogP contribution in [0.3, 0.4) is 0 Å². The Hall–Kier alpha value is -2.73. The molecule has 0 aliphatic carbocycles. The Kier molecular flexibility index (Phi) is 3.73. The zero-order chi connectivity index (χ0) is 15.5. The van der Waals surface area contributed by atoms with E-state index in [-0.39, 0.29) is 0 Å². The number of hydrogen-bond acceptors (Lipinski definition) is 4. The van der Waals surface area contributed by atoms with Crippen molar-refractivity contribution in [1.82, 2.24) is 24.5 Å². The lowest BCUT2D eigenvalue weighted by Gasteiger charge is -2.04. The van der Waals surface area contributed by atoms with E-state index in [4.69, 9.17) is 0 Å². The molecule has 0 aliphatic heterocycles. The maximum absolute atomic E-state index is 4.54. The number of thiazole rings is 1. The zero-order valence-corrected chi connectivity index (χ0v) is 13.2. The first-order chi connectivity index (χ1) is 11.4. The van der Waals surface area contributed by atoms with E-state index in [1.807, 2.05) is 43.0 Å². The first kappa shape index (κ1) is 13.9. The van der Waals surface area contributed by atoms with E-state index in [0.717, 1.165) is 39.9 Å². The molecule has 6 heteroatoms. The van der Waals surface area contributed by atoms with Crippen LogP contribution in [0.1, 0.15) is 5.69 Å². The fourth-order valence-electron chi connectivity index (χ4n) is 2.47. The van der Waals surface area contributed by atoms with Crippen molar-refractivity contribution in [3.63, 3.8) is 0 Å². The molecule has 4 rings (SSSR count). The molecule has 0 bridgehead atoms. The molecular formula is C17H15N5S. The van der Waals surface area contributed by atoms with Gasteiger partial charge in [0.25, 0.3) is 0 Å². The van der Waals surface area contributed by atoms with Crippen LogP contribution in [0.5, 0.6) is 0 Å². The van der Waals surface area contributed by atoms with Crippen molar-refractivity contribution in [3.8, 4) is 21.3 Å². The van der Waals surface area contributed by atoms with E-state index in [9.17, 15) is 0 Å². The lowest BCUT2D eigenvalue weighted by atomic mass is 10.2. The number of nitrogens with zero attached hydrogens (tertiary/aromatic N) is 4. The highest BCUT2D eigenvalue weighted by molar-refractivity contribution is 7.18. The van der Waals surface area contributed by atoms with Crippen molar-refractivity contribution in [3.05, 3.63) is 67.1 Å². The molecule has 3 heterocycles. The van der Waals surface area contributed by atoms with Crippen molar-refractivity contribution in [2.24, 2.45) is 0 Å². The number of aromatic nitrogens is 5. The van der Waals surface area contributed by atoms with Crippen LogP contribution in [0.4, 0.5) is 0 Å². The molecule has 0 amide bonds. The standard InChI is InChI=1S/C17H15N5S/c1-2-4-13(5-3-1)17-20-11-15(23-17)16-19-7-9-22(16)8-6-14-10-18-12-21-14/h1-5,7,9-12H,6,8H2,(H,18,21). The second kappa shape index (κ2) is 6.18. The molecule has 4 aromatic rings. The minimum atomic E-state index is 0.857. The molecule has 1 N–H and O–H groups in total. The van der Waals surface area contributed by atoms with Crippen LogP contribution < -0.4 is 0 Å². The third-order valence-electron chi connectivity index (χ3n) is 3.64. The lowest BCUT2D eigenvalue weighted by Crippen LogP contribution is -2.02. The predicted octanol–water partition coefficient (Wildman–Crippen LogP) is 3.64. The Morgan fingerprint density at radius 1 is 1.09 bits per heavy atom. The molecule has 0 unspecified atom stereocenters. The number of aromatic amines is 1. The van der Waals surface area contributed by atoms with Gasteiger partial charge in [0.05, 0.1) is 11.2 Å². The number of rotatable bonds is 5. The van der Waals surface area contributed by atoms with Gasteiger partial charge in [0, 0.05) is 49.0 Å². The fourth-order valence-corrected chi connectivity index (χ4v) is 3.40. The molecule has 0 atom stereocenters. The Bertz CT molecular complexity index is 877. The average molecular weight is 321 g/mol. The second-order valence-electron chi connectivity index (χ2n) is 5.17. The second-order valence-corrected chi connectivity index (χ2v) is 6.20. The van der Waals surface area contributed by atoms with E-state index in [1.165, 1.54) is 0 Å². The summed E-state index contributed by atoms with van der Waals surface area (Å²) in [5, 5.41) is 1.02. The summed E-state index contributed by atoms with van der Waals surface area (Å²) in [6, 6.07) is 10.2. The predicted molar refractivity (Wildman–Crippen MR) is 91.1 cm³/mol. The maximum atomic E-state index is 4.54. The Morgan fingerprint density at radius 3 is 2.83 bits per heavy atom. The van der Waals surface area contributed by atoms with Crippen LogP contribution in [-0.2, 0) is 13.0 Å². The number of imidazole rings is 2. The fraction of sp³-hybridized carbons (Fsp3) is 0.118. The van der Waals surface area contributed by atoms with Gasteiger partial charge in [-0.3, -0.25) is 0 Å². The van der Waals surface area contributed by atoms with Gasteiger partial charge in [-0.15, -0.1) is 11.3 Å². The monoisotopic (exact) mass is 321 g/mol. The smallest absolute Gasteiger partial charge is 0.151 e. The molecule has 3 aromatic heterocycles. The van der Waals surface area contributed by atoms with Crippen LogP contribution in [0.2, 0.25) is 0 Å². The molecule has 0 spiro atoms. The quantitative estimate of drug-likeness (QED) is 0.610. The highest BCUT2D eigenvalue weighted by atomic mass is 32.1. The Labute approximate surface area is 137 Å². The summed E-state index contributed by atoms with van der Waals surface area (Å²) in [6.45, 7) is 0.857. The minimum absolute atomic E-state index is 0.857. The zero-order valence-electron chi connectivity index (χ0n) is 12.4. The molecule has 0 aliphatic rings. The lowest BCUT2D eigenvalue weighted by molar-refractivity contribution is 0.695. The molecule has 0 radical (unpaired) electrons. The topological polar surface area (TPSA) is 59.4 Å². The molecule has 0 saturated carbocycles. The van der Waals surface area contributed by atoms with Gasteiger partial charge >= 0.3 is 0 Å². The van der Waals surface area contributed by atoms with Gasteiger partial charge in [-0.1, -0.05) is 30.3 Å². The van der Waals surface area contributed by atoms with Gasteiger partial charge in [0.1, 0.15) is 5.01 Å². The highest BCUT2D eigenvalue weighted by Gasteiger charge is 2.11. The van der Waals surface area contributed by atoms with Gasteiger partial charge in [-0.2, -0.15) is 0 Å². The number of H-pyrrole nitrogens is 1. The van der Waals surface area contributed by atoms with E-state index in [2.05, 4.69) is 36.6 Å². The summed E-state index contributed by atoms with van der Waals surface area (Å²) < 4.78 is 2.16. The molecule has 5 nitrogen and oxygen atoms in total. The van der Waals surface area contributed by atoms with Gasteiger partial charge in [-0.25, -0.2) is 15.0 Å². The summed E-state index contributed by atoms with van der Waals surface area (Å²) in [5.74, 6) is 0.962. The number of hydrogen-bond donors (Lipinski definition) is 1. The average Bonchev–Trinajstić information content (AvgIpc) is 3.33. The van der Waals surface area contributed by atoms with Gasteiger partial charge < -0.3 is 9.55 Å². The van der Waals surface area contributed by atoms with Crippen molar-refractivity contribution >= 4 is 11.3 Å². The highest BCUT2D eigenvalue weighted by Crippen LogP contribution is 2.31. The minimum Gasteiger partial charge on any atom is -0.348 e. The van der Waals surface area contributed by atoms with E-state index in [0.29, 0.717) is 0 Å². The number of aryl methyl sites for hydroxylation is 2. The number of nitrogens with one attached hydrogen (secondary N) is 1. The molecule has 1 aromatic carbocycles. The summed E-state index contributed by atoms with van der Waals surface area (Å²) in [5.41, 5.74) is 2.26. The first-order valence-electron chi connectivity index (χ1n) is 7.40. The van der Waals surface area contributed by atoms with E-state index < -0.39 is 0 Å². The SMILES string of the molecule is c1ccc(-c2ncc(-c3nccn3CCc3cnc[nH]3)s2)cc1. The van der Waals surface area contributed by atoms with Gasteiger partial charge in [0.2, 0.25) is 0 Å². The van der Waals surface area contributed by atoms with Crippen molar-refractivity contribution in [1.29, 1.82) is 0 Å². The van der Waals surface area contributed by atoms with Crippen molar-refractivity contribution in [2.75, 3.05) is 0 Å². The summed E-state index contributed by atoms with van der Waals surface area (Å²) in [4.78, 5) is 17.3. The molecule has 0 saturated heterocycles. The normalized spacial score (nSPS) is 11.0. The summed E-state index contributed by atoms with van der Waals surface area (Å²) in [7, 11) is 0. The first-order valence-corrected chi connectivity index (χ1v) is 8.22. The van der Waals surface area contributed by atoms with Crippen LogP contribution in [0, 0.1) is 0 Å². The maximum Gasteiger partial charge on any atom is 0.151 e. The van der Waals surface area contributed by atoms with Gasteiger partial charge in [-0.05, 0) is 0 Å². The largest absolute Gasteiger partial charge is 0.348 e. The number of benzene rings is 1. The Balaban J connectivity index is 1.57. The summed E-state index contributed by atoms with van der Waals surface area (Å²) in [6.07, 6.45) is 10.2. The van der Waals surface area contributed by atoms with Crippen LogP contribution in [0.25, 0.3) is 21.3 Å². The molecular weight excluding hydrogens is 306 g/mol. The van der Waals surface area contributed by atoms with Crippen molar-refractivity contribution < 1.29 is 0 Å². The molecule has 114 valence electrons. The third-order valence-corrected chi connectivity index (χ3v) is 4.68. The van der Waals surface area contributed by atoms with Crippen molar-refractivity contribution in [2.45, 2.75) is 13.0 Å². The van der Waals surface area contributed by atoms with Crippen LogP contribution >= 0.6 is 11.3 Å². The third kappa shape index (κ3) is 2.93.